The molecule has 1 aliphatic rings. The van der Waals surface area contributed by atoms with Crippen molar-refractivity contribution in [2.24, 2.45) is 0 Å². The molecule has 0 amide bonds. The second-order valence-corrected chi connectivity index (χ2v) is 5.72. The maximum absolute atomic E-state index is 6.04. The lowest BCUT2D eigenvalue weighted by Gasteiger charge is -2.29. The summed E-state index contributed by atoms with van der Waals surface area (Å²) < 4.78 is 5.37. The van der Waals surface area contributed by atoms with Crippen LogP contribution < -0.4 is 10.2 Å². The molecule has 0 bridgehead atoms. The molecule has 0 spiro atoms. The topological polar surface area (TPSA) is 50.3 Å². The highest BCUT2D eigenvalue weighted by molar-refractivity contribution is 7.99. The Balaban J connectivity index is 2.17. The van der Waals surface area contributed by atoms with E-state index < -0.39 is 0 Å². The first-order chi connectivity index (χ1) is 9.22. The SMILES string of the molecule is CNCCSc1nc(Cl)nc(N2CCOCC2)c1C. The summed E-state index contributed by atoms with van der Waals surface area (Å²) in [6.45, 7) is 6.19. The molecule has 1 saturated heterocycles. The van der Waals surface area contributed by atoms with Crippen LogP contribution in [0.5, 0.6) is 0 Å². The number of hydrogen-bond acceptors (Lipinski definition) is 6. The Labute approximate surface area is 123 Å². The van der Waals surface area contributed by atoms with Crippen molar-refractivity contribution >= 4 is 29.2 Å². The van der Waals surface area contributed by atoms with Crippen LogP contribution in [0, 0.1) is 6.92 Å². The highest BCUT2D eigenvalue weighted by Gasteiger charge is 2.18. The number of morpholine rings is 1. The van der Waals surface area contributed by atoms with Gasteiger partial charge in [-0.2, -0.15) is 0 Å². The molecule has 0 saturated carbocycles. The highest BCUT2D eigenvalue weighted by Crippen LogP contribution is 2.28. The van der Waals surface area contributed by atoms with Crippen molar-refractivity contribution in [3.05, 3.63) is 10.8 Å². The molecule has 1 N–H and O–H groups in total. The lowest BCUT2D eigenvalue weighted by molar-refractivity contribution is 0.122. The summed E-state index contributed by atoms with van der Waals surface area (Å²) in [5.74, 6) is 1.91. The van der Waals surface area contributed by atoms with E-state index in [1.165, 1.54) is 0 Å². The van der Waals surface area contributed by atoms with Crippen molar-refractivity contribution in [2.45, 2.75) is 11.9 Å². The van der Waals surface area contributed by atoms with E-state index in [1.807, 2.05) is 7.05 Å². The molecule has 0 unspecified atom stereocenters. The summed E-state index contributed by atoms with van der Waals surface area (Å²) in [5.41, 5.74) is 1.10. The molecule has 106 valence electrons. The molecule has 1 fully saturated rings. The van der Waals surface area contributed by atoms with Crippen LogP contribution in [0.15, 0.2) is 5.03 Å². The second kappa shape index (κ2) is 7.28. The summed E-state index contributed by atoms with van der Waals surface area (Å²) in [5, 5.41) is 4.41. The number of halogens is 1. The molecular formula is C12H19ClN4OS. The number of aromatic nitrogens is 2. The minimum atomic E-state index is 0.319. The second-order valence-electron chi connectivity index (χ2n) is 4.30. The first kappa shape index (κ1) is 14.8. The fourth-order valence-electron chi connectivity index (χ4n) is 1.93. The normalized spacial score (nSPS) is 15.8. The van der Waals surface area contributed by atoms with Gasteiger partial charge in [-0.3, -0.25) is 0 Å². The fraction of sp³-hybridized carbons (Fsp3) is 0.667. The molecule has 1 aromatic heterocycles. The summed E-state index contributed by atoms with van der Waals surface area (Å²) in [7, 11) is 1.94. The molecular weight excluding hydrogens is 284 g/mol. The molecule has 0 atom stereocenters. The molecule has 7 heteroatoms. The minimum Gasteiger partial charge on any atom is -0.378 e. The summed E-state index contributed by atoms with van der Waals surface area (Å²) in [4.78, 5) is 10.9. The zero-order valence-electron chi connectivity index (χ0n) is 11.3. The Bertz CT molecular complexity index is 426. The van der Waals surface area contributed by atoms with Crippen LogP contribution in [-0.2, 0) is 4.74 Å². The average molecular weight is 303 g/mol. The summed E-state index contributed by atoms with van der Waals surface area (Å²) >= 11 is 7.75. The molecule has 0 radical (unpaired) electrons. The standard InChI is InChI=1S/C12H19ClN4OS/c1-9-10(17-4-6-18-7-5-17)15-12(13)16-11(9)19-8-3-14-2/h14H,3-8H2,1-2H3. The van der Waals surface area contributed by atoms with E-state index in [9.17, 15) is 0 Å². The van der Waals surface area contributed by atoms with Gasteiger partial charge in [0.05, 0.1) is 13.2 Å². The third-order valence-corrected chi connectivity index (χ3v) is 4.20. The van der Waals surface area contributed by atoms with Gasteiger partial charge in [-0.1, -0.05) is 0 Å². The van der Waals surface area contributed by atoms with E-state index in [1.54, 1.807) is 11.8 Å². The fourth-order valence-corrected chi connectivity index (χ4v) is 3.11. The zero-order valence-corrected chi connectivity index (χ0v) is 12.9. The average Bonchev–Trinajstić information content (AvgIpc) is 2.43. The van der Waals surface area contributed by atoms with Crippen LogP contribution in [0.3, 0.4) is 0 Å². The zero-order chi connectivity index (χ0) is 13.7. The first-order valence-corrected chi connectivity index (χ1v) is 7.73. The van der Waals surface area contributed by atoms with E-state index in [-0.39, 0.29) is 0 Å². The van der Waals surface area contributed by atoms with Crippen molar-refractivity contribution in [1.29, 1.82) is 0 Å². The third kappa shape index (κ3) is 3.95. The highest BCUT2D eigenvalue weighted by atomic mass is 35.5. The Morgan fingerprint density at radius 1 is 1.37 bits per heavy atom. The Kier molecular flexibility index (Phi) is 5.69. The van der Waals surface area contributed by atoms with Crippen LogP contribution in [-0.4, -0.2) is 55.6 Å². The van der Waals surface area contributed by atoms with Crippen molar-refractivity contribution < 1.29 is 4.74 Å². The van der Waals surface area contributed by atoms with Crippen LogP contribution in [0.1, 0.15) is 5.56 Å². The Morgan fingerprint density at radius 2 is 2.11 bits per heavy atom. The van der Waals surface area contributed by atoms with E-state index >= 15 is 0 Å². The number of hydrogen-bond donors (Lipinski definition) is 1. The van der Waals surface area contributed by atoms with Crippen molar-refractivity contribution in [3.63, 3.8) is 0 Å². The largest absolute Gasteiger partial charge is 0.378 e. The quantitative estimate of drug-likeness (QED) is 0.386. The van der Waals surface area contributed by atoms with Gasteiger partial charge < -0.3 is 15.0 Å². The maximum Gasteiger partial charge on any atom is 0.225 e. The van der Waals surface area contributed by atoms with Gasteiger partial charge in [0.2, 0.25) is 5.28 Å². The maximum atomic E-state index is 6.04. The predicted molar refractivity (Wildman–Crippen MR) is 79.5 cm³/mol. The third-order valence-electron chi connectivity index (χ3n) is 2.95. The van der Waals surface area contributed by atoms with E-state index in [0.29, 0.717) is 5.28 Å². The molecule has 19 heavy (non-hydrogen) atoms. The molecule has 0 aromatic carbocycles. The van der Waals surface area contributed by atoms with E-state index in [4.69, 9.17) is 16.3 Å². The van der Waals surface area contributed by atoms with Gasteiger partial charge in [0.25, 0.3) is 0 Å². The lowest BCUT2D eigenvalue weighted by Crippen LogP contribution is -2.37. The summed E-state index contributed by atoms with van der Waals surface area (Å²) in [6.07, 6.45) is 0. The van der Waals surface area contributed by atoms with Gasteiger partial charge in [-0.25, -0.2) is 9.97 Å². The molecule has 0 aliphatic carbocycles. The van der Waals surface area contributed by atoms with E-state index in [2.05, 4.69) is 27.1 Å². The number of ether oxygens (including phenoxy) is 1. The predicted octanol–water partition coefficient (Wildman–Crippen LogP) is 1.59. The number of anilines is 1. The molecule has 5 nitrogen and oxygen atoms in total. The monoisotopic (exact) mass is 302 g/mol. The number of nitrogens with one attached hydrogen (secondary N) is 1. The van der Waals surface area contributed by atoms with Gasteiger partial charge in [0.1, 0.15) is 10.8 Å². The van der Waals surface area contributed by atoms with Crippen LogP contribution in [0.2, 0.25) is 5.28 Å². The van der Waals surface area contributed by atoms with Gasteiger partial charge >= 0.3 is 0 Å². The minimum absolute atomic E-state index is 0.319. The molecule has 1 aliphatic heterocycles. The molecule has 1 aromatic rings. The van der Waals surface area contributed by atoms with E-state index in [0.717, 1.165) is 55.0 Å². The molecule has 2 heterocycles. The number of nitrogens with zero attached hydrogens (tertiary/aromatic N) is 3. The van der Waals surface area contributed by atoms with Gasteiger partial charge in [-0.05, 0) is 25.6 Å². The number of thioether (sulfide) groups is 1. The van der Waals surface area contributed by atoms with Gasteiger partial charge in [-0.15, -0.1) is 11.8 Å². The first-order valence-electron chi connectivity index (χ1n) is 6.36. The van der Waals surface area contributed by atoms with Gasteiger partial charge in [0, 0.05) is 31.0 Å². The van der Waals surface area contributed by atoms with Gasteiger partial charge in [0.15, 0.2) is 0 Å². The Hall–Kier alpha value is -0.560. The van der Waals surface area contributed by atoms with Crippen molar-refractivity contribution in [3.8, 4) is 0 Å². The number of rotatable bonds is 5. The summed E-state index contributed by atoms with van der Waals surface area (Å²) in [6, 6.07) is 0. The van der Waals surface area contributed by atoms with Crippen LogP contribution >= 0.6 is 23.4 Å². The smallest absolute Gasteiger partial charge is 0.225 e. The Morgan fingerprint density at radius 3 is 2.79 bits per heavy atom. The van der Waals surface area contributed by atoms with Crippen LogP contribution in [0.4, 0.5) is 5.82 Å². The lowest BCUT2D eigenvalue weighted by atomic mass is 10.3. The van der Waals surface area contributed by atoms with Crippen molar-refractivity contribution in [1.82, 2.24) is 15.3 Å². The molecule has 2 rings (SSSR count). The van der Waals surface area contributed by atoms with Crippen LogP contribution in [0.25, 0.3) is 0 Å². The van der Waals surface area contributed by atoms with Crippen molar-refractivity contribution in [2.75, 3.05) is 50.5 Å².